The Balaban J connectivity index is 2.69. The maximum Gasteiger partial charge on any atom is 0.217 e. The van der Waals surface area contributed by atoms with E-state index in [9.17, 15) is 4.79 Å². The maximum absolute atomic E-state index is 11.2. The molecule has 0 heterocycles. The summed E-state index contributed by atoms with van der Waals surface area (Å²) in [7, 11) is 0. The second kappa shape index (κ2) is 7.24. The van der Waals surface area contributed by atoms with Gasteiger partial charge in [-0.15, -0.1) is 0 Å². The molecule has 0 aliphatic carbocycles. The van der Waals surface area contributed by atoms with E-state index in [2.05, 4.69) is 29.7 Å². The fourth-order valence-electron chi connectivity index (χ4n) is 1.88. The summed E-state index contributed by atoms with van der Waals surface area (Å²) in [6.07, 6.45) is 0. The quantitative estimate of drug-likeness (QED) is 0.814. The Labute approximate surface area is 120 Å². The molecule has 2 N–H and O–H groups in total. The van der Waals surface area contributed by atoms with Gasteiger partial charge in [0.2, 0.25) is 5.91 Å². The monoisotopic (exact) mass is 278 g/mol. The van der Waals surface area contributed by atoms with Crippen LogP contribution >= 0.6 is 12.2 Å². The Bertz CT molecular complexity index is 431. The molecule has 0 radical (unpaired) electrons. The highest BCUT2D eigenvalue weighted by atomic mass is 32.1. The molecule has 0 saturated carbocycles. The number of hydrogen-bond donors (Lipinski definition) is 2. The molecule has 0 fully saturated rings. The molecule has 0 spiro atoms. The molecule has 2 atom stereocenters. The van der Waals surface area contributed by atoms with Gasteiger partial charge in [-0.3, -0.25) is 4.79 Å². The zero-order valence-electron chi connectivity index (χ0n) is 11.9. The standard InChI is InChI=1S/C15H22N2OS/c1-10(2)14(17-12(4)18)15(19)16-11(3)13-8-6-5-7-9-13/h5-11,14H,1-4H3,(H,16,19)(H,17,18)/t11-,14-/m0/s1. The van der Waals surface area contributed by atoms with E-state index in [0.717, 1.165) is 0 Å². The van der Waals surface area contributed by atoms with Gasteiger partial charge in [0.15, 0.2) is 0 Å². The molecule has 0 aliphatic rings. The predicted molar refractivity (Wildman–Crippen MR) is 83.0 cm³/mol. The first-order chi connectivity index (χ1) is 8.91. The lowest BCUT2D eigenvalue weighted by Gasteiger charge is -2.26. The summed E-state index contributed by atoms with van der Waals surface area (Å²) >= 11 is 5.42. The maximum atomic E-state index is 11.2. The third kappa shape index (κ3) is 4.99. The molecule has 104 valence electrons. The van der Waals surface area contributed by atoms with Gasteiger partial charge in [0.05, 0.1) is 11.0 Å². The lowest BCUT2D eigenvalue weighted by atomic mass is 10.0. The topological polar surface area (TPSA) is 41.1 Å². The zero-order valence-corrected chi connectivity index (χ0v) is 12.8. The fraction of sp³-hybridized carbons (Fsp3) is 0.467. The Hall–Kier alpha value is -1.42. The van der Waals surface area contributed by atoms with Gasteiger partial charge in [-0.05, 0) is 18.4 Å². The largest absolute Gasteiger partial charge is 0.371 e. The molecule has 3 nitrogen and oxygen atoms in total. The van der Waals surface area contributed by atoms with Crippen LogP contribution in [0.2, 0.25) is 0 Å². The molecule has 4 heteroatoms. The summed E-state index contributed by atoms with van der Waals surface area (Å²) in [5.74, 6) is 0.196. The summed E-state index contributed by atoms with van der Waals surface area (Å²) in [6.45, 7) is 7.66. The first-order valence-corrected chi connectivity index (χ1v) is 6.95. The van der Waals surface area contributed by atoms with Crippen molar-refractivity contribution in [2.75, 3.05) is 0 Å². The van der Waals surface area contributed by atoms with Crippen molar-refractivity contribution >= 4 is 23.1 Å². The third-order valence-corrected chi connectivity index (χ3v) is 3.34. The van der Waals surface area contributed by atoms with E-state index in [1.54, 1.807) is 0 Å². The van der Waals surface area contributed by atoms with Crippen LogP contribution < -0.4 is 10.6 Å². The number of hydrogen-bond acceptors (Lipinski definition) is 2. The molecular weight excluding hydrogens is 256 g/mol. The van der Waals surface area contributed by atoms with E-state index in [1.807, 2.05) is 32.0 Å². The lowest BCUT2D eigenvalue weighted by molar-refractivity contribution is -0.119. The van der Waals surface area contributed by atoms with Gasteiger partial charge in [0.1, 0.15) is 0 Å². The van der Waals surface area contributed by atoms with Crippen molar-refractivity contribution in [2.24, 2.45) is 5.92 Å². The van der Waals surface area contributed by atoms with Gasteiger partial charge in [-0.2, -0.15) is 0 Å². The van der Waals surface area contributed by atoms with Gasteiger partial charge in [0, 0.05) is 13.0 Å². The number of benzene rings is 1. The van der Waals surface area contributed by atoms with Gasteiger partial charge < -0.3 is 10.6 Å². The molecule has 0 bridgehead atoms. The number of nitrogens with one attached hydrogen (secondary N) is 2. The van der Waals surface area contributed by atoms with Crippen molar-refractivity contribution in [3.8, 4) is 0 Å². The summed E-state index contributed by atoms with van der Waals surface area (Å²) in [4.78, 5) is 11.9. The van der Waals surface area contributed by atoms with E-state index < -0.39 is 0 Å². The number of thiocarbonyl (C=S) groups is 1. The van der Waals surface area contributed by atoms with Crippen LogP contribution in [-0.4, -0.2) is 16.9 Å². The Morgan fingerprint density at radius 1 is 1.11 bits per heavy atom. The van der Waals surface area contributed by atoms with Crippen LogP contribution in [0, 0.1) is 5.92 Å². The molecule has 1 amide bonds. The smallest absolute Gasteiger partial charge is 0.217 e. The molecule has 1 rings (SSSR count). The Kier molecular flexibility index (Phi) is 5.96. The van der Waals surface area contributed by atoms with E-state index >= 15 is 0 Å². The predicted octanol–water partition coefficient (Wildman–Crippen LogP) is 2.83. The highest BCUT2D eigenvalue weighted by molar-refractivity contribution is 7.80. The van der Waals surface area contributed by atoms with Crippen molar-refractivity contribution in [3.05, 3.63) is 35.9 Å². The van der Waals surface area contributed by atoms with Crippen LogP contribution in [0.3, 0.4) is 0 Å². The van der Waals surface area contributed by atoms with Crippen molar-refractivity contribution < 1.29 is 4.79 Å². The number of carbonyl (C=O) groups excluding carboxylic acids is 1. The molecule has 0 aliphatic heterocycles. The normalized spacial score (nSPS) is 13.7. The number of amides is 1. The van der Waals surface area contributed by atoms with Gasteiger partial charge in [-0.1, -0.05) is 56.4 Å². The van der Waals surface area contributed by atoms with Crippen molar-refractivity contribution in [1.82, 2.24) is 10.6 Å². The summed E-state index contributed by atoms with van der Waals surface area (Å²) < 4.78 is 0. The van der Waals surface area contributed by atoms with E-state index in [0.29, 0.717) is 4.99 Å². The molecule has 0 aromatic heterocycles. The summed E-state index contributed by atoms with van der Waals surface area (Å²) in [6, 6.07) is 10.1. The first-order valence-electron chi connectivity index (χ1n) is 6.54. The highest BCUT2D eigenvalue weighted by Crippen LogP contribution is 2.13. The molecule has 0 unspecified atom stereocenters. The van der Waals surface area contributed by atoms with E-state index in [-0.39, 0.29) is 23.9 Å². The van der Waals surface area contributed by atoms with Crippen molar-refractivity contribution in [3.63, 3.8) is 0 Å². The van der Waals surface area contributed by atoms with Gasteiger partial charge in [0.25, 0.3) is 0 Å². The van der Waals surface area contributed by atoms with E-state index in [4.69, 9.17) is 12.2 Å². The molecule has 1 aromatic carbocycles. The Morgan fingerprint density at radius 2 is 1.68 bits per heavy atom. The average molecular weight is 278 g/mol. The second-order valence-corrected chi connectivity index (χ2v) is 5.50. The molecule has 19 heavy (non-hydrogen) atoms. The Morgan fingerprint density at radius 3 is 2.16 bits per heavy atom. The van der Waals surface area contributed by atoms with Crippen molar-refractivity contribution in [2.45, 2.75) is 39.8 Å². The SMILES string of the molecule is CC(=O)N[C@H](C(=S)N[C@@H](C)c1ccccc1)C(C)C. The van der Waals surface area contributed by atoms with Crippen molar-refractivity contribution in [1.29, 1.82) is 0 Å². The summed E-state index contributed by atoms with van der Waals surface area (Å²) in [5.41, 5.74) is 1.18. The second-order valence-electron chi connectivity index (χ2n) is 5.06. The zero-order chi connectivity index (χ0) is 14.4. The molecular formula is C15H22N2OS. The van der Waals surface area contributed by atoms with Crippen LogP contribution in [0.4, 0.5) is 0 Å². The van der Waals surface area contributed by atoms with Gasteiger partial charge >= 0.3 is 0 Å². The van der Waals surface area contributed by atoms with Gasteiger partial charge in [-0.25, -0.2) is 0 Å². The minimum atomic E-state index is -0.126. The third-order valence-electron chi connectivity index (χ3n) is 2.97. The average Bonchev–Trinajstić information content (AvgIpc) is 2.36. The minimum absolute atomic E-state index is 0.0600. The molecule has 1 aromatic rings. The highest BCUT2D eigenvalue weighted by Gasteiger charge is 2.20. The fourth-order valence-corrected chi connectivity index (χ4v) is 2.39. The van der Waals surface area contributed by atoms with Crippen LogP contribution in [0.25, 0.3) is 0 Å². The van der Waals surface area contributed by atoms with Crippen LogP contribution in [0.1, 0.15) is 39.3 Å². The van der Waals surface area contributed by atoms with E-state index in [1.165, 1.54) is 12.5 Å². The minimum Gasteiger partial charge on any atom is -0.371 e. The lowest BCUT2D eigenvalue weighted by Crippen LogP contribution is -2.48. The van der Waals surface area contributed by atoms with Crippen LogP contribution in [-0.2, 0) is 4.79 Å². The summed E-state index contributed by atoms with van der Waals surface area (Å²) in [5, 5.41) is 6.19. The number of rotatable bonds is 5. The van der Waals surface area contributed by atoms with Crippen LogP contribution in [0.5, 0.6) is 0 Å². The number of carbonyl (C=O) groups is 1. The van der Waals surface area contributed by atoms with Crippen LogP contribution in [0.15, 0.2) is 30.3 Å². The first kappa shape index (κ1) is 15.6. The molecule has 0 saturated heterocycles.